The number of carbonyl (C=O) groups is 2. The molecule has 120 valence electrons. The molecule has 22 heavy (non-hydrogen) atoms. The third-order valence-electron chi connectivity index (χ3n) is 3.65. The van der Waals surface area contributed by atoms with E-state index in [-0.39, 0.29) is 11.6 Å². The standard InChI is InChI=1S/C14H16F3N3O2/c1-19-8-7-11(12(19)21)20(2)13(22)18-10-5-3-9(4-6-10)14(15,16)17/h3-6,11H,7-8H2,1-2H3,(H,18,22)/t11-/m0/s1. The number of amides is 3. The lowest BCUT2D eigenvalue weighted by molar-refractivity contribution is -0.137. The minimum atomic E-state index is -4.42. The van der Waals surface area contributed by atoms with Crippen molar-refractivity contribution in [3.8, 4) is 0 Å². The lowest BCUT2D eigenvalue weighted by Gasteiger charge is -2.23. The molecule has 3 amide bonds. The first kappa shape index (κ1) is 16.1. The van der Waals surface area contributed by atoms with Gasteiger partial charge in [0.25, 0.3) is 0 Å². The minimum absolute atomic E-state index is 0.148. The van der Waals surface area contributed by atoms with Crippen LogP contribution in [0.2, 0.25) is 0 Å². The highest BCUT2D eigenvalue weighted by Gasteiger charge is 2.34. The van der Waals surface area contributed by atoms with Crippen LogP contribution < -0.4 is 5.32 Å². The van der Waals surface area contributed by atoms with Gasteiger partial charge in [-0.25, -0.2) is 4.79 Å². The van der Waals surface area contributed by atoms with E-state index in [4.69, 9.17) is 0 Å². The molecule has 1 saturated heterocycles. The van der Waals surface area contributed by atoms with Crippen LogP contribution >= 0.6 is 0 Å². The van der Waals surface area contributed by atoms with Gasteiger partial charge in [0.15, 0.2) is 0 Å². The largest absolute Gasteiger partial charge is 0.416 e. The summed E-state index contributed by atoms with van der Waals surface area (Å²) >= 11 is 0. The average molecular weight is 315 g/mol. The zero-order valence-electron chi connectivity index (χ0n) is 12.1. The molecule has 2 rings (SSSR count). The third kappa shape index (κ3) is 3.32. The second-order valence-corrected chi connectivity index (χ2v) is 5.18. The number of hydrogen-bond donors (Lipinski definition) is 1. The third-order valence-corrected chi connectivity index (χ3v) is 3.65. The lowest BCUT2D eigenvalue weighted by atomic mass is 10.2. The number of rotatable bonds is 2. The van der Waals surface area contributed by atoms with Crippen LogP contribution in [0.5, 0.6) is 0 Å². The Bertz CT molecular complexity index is 572. The van der Waals surface area contributed by atoms with E-state index >= 15 is 0 Å². The number of nitrogens with zero attached hydrogens (tertiary/aromatic N) is 2. The molecule has 1 heterocycles. The van der Waals surface area contributed by atoms with Gasteiger partial charge >= 0.3 is 12.2 Å². The van der Waals surface area contributed by atoms with Gasteiger partial charge in [-0.15, -0.1) is 0 Å². The Morgan fingerprint density at radius 1 is 1.32 bits per heavy atom. The van der Waals surface area contributed by atoms with Crippen LogP contribution in [0.1, 0.15) is 12.0 Å². The van der Waals surface area contributed by atoms with Crippen molar-refractivity contribution in [3.63, 3.8) is 0 Å². The Morgan fingerprint density at radius 2 is 1.91 bits per heavy atom. The van der Waals surface area contributed by atoms with Crippen LogP contribution in [0.3, 0.4) is 0 Å². The molecular formula is C14H16F3N3O2. The van der Waals surface area contributed by atoms with E-state index in [9.17, 15) is 22.8 Å². The first-order chi connectivity index (χ1) is 10.2. The summed E-state index contributed by atoms with van der Waals surface area (Å²) in [5.41, 5.74) is -0.546. The number of urea groups is 1. The highest BCUT2D eigenvalue weighted by Crippen LogP contribution is 2.29. The summed E-state index contributed by atoms with van der Waals surface area (Å²) < 4.78 is 37.4. The lowest BCUT2D eigenvalue weighted by Crippen LogP contribution is -2.44. The predicted molar refractivity (Wildman–Crippen MR) is 74.3 cm³/mol. The highest BCUT2D eigenvalue weighted by molar-refractivity contribution is 5.94. The molecule has 0 bridgehead atoms. The summed E-state index contributed by atoms with van der Waals surface area (Å²) in [6.45, 7) is 0.571. The summed E-state index contributed by atoms with van der Waals surface area (Å²) in [6, 6.07) is 3.07. The van der Waals surface area contributed by atoms with Crippen molar-refractivity contribution >= 4 is 17.6 Å². The van der Waals surface area contributed by atoms with Gasteiger partial charge in [-0.05, 0) is 30.7 Å². The fourth-order valence-corrected chi connectivity index (χ4v) is 2.26. The van der Waals surface area contributed by atoms with Crippen LogP contribution in [-0.4, -0.2) is 48.4 Å². The number of anilines is 1. The number of hydrogen-bond acceptors (Lipinski definition) is 2. The van der Waals surface area contributed by atoms with Gasteiger partial charge in [0.2, 0.25) is 5.91 Å². The molecule has 1 aliphatic heterocycles. The fourth-order valence-electron chi connectivity index (χ4n) is 2.26. The van der Waals surface area contributed by atoms with E-state index in [1.165, 1.54) is 29.0 Å². The maximum Gasteiger partial charge on any atom is 0.416 e. The molecule has 1 N–H and O–H groups in total. The Hall–Kier alpha value is -2.25. The quantitative estimate of drug-likeness (QED) is 0.911. The van der Waals surface area contributed by atoms with E-state index in [1.807, 2.05) is 0 Å². The van der Waals surface area contributed by atoms with Crippen molar-refractivity contribution in [2.45, 2.75) is 18.6 Å². The Kier molecular flexibility index (Phi) is 4.30. The highest BCUT2D eigenvalue weighted by atomic mass is 19.4. The molecule has 1 aromatic carbocycles. The summed E-state index contributed by atoms with van der Waals surface area (Å²) in [5, 5.41) is 2.48. The monoisotopic (exact) mass is 315 g/mol. The topological polar surface area (TPSA) is 52.6 Å². The SMILES string of the molecule is CN1CC[C@H](N(C)C(=O)Nc2ccc(C(F)(F)F)cc2)C1=O. The Labute approximate surface area is 125 Å². The number of halogens is 3. The second-order valence-electron chi connectivity index (χ2n) is 5.18. The molecule has 0 saturated carbocycles. The molecule has 0 aromatic heterocycles. The van der Waals surface area contributed by atoms with E-state index in [2.05, 4.69) is 5.32 Å². The van der Waals surface area contributed by atoms with Crippen molar-refractivity contribution in [2.75, 3.05) is 26.0 Å². The van der Waals surface area contributed by atoms with Crippen LogP contribution in [0.15, 0.2) is 24.3 Å². The molecule has 1 fully saturated rings. The van der Waals surface area contributed by atoms with Gasteiger partial charge in [0, 0.05) is 26.3 Å². The van der Waals surface area contributed by atoms with Gasteiger partial charge in [-0.3, -0.25) is 4.79 Å². The first-order valence-electron chi connectivity index (χ1n) is 6.66. The maximum absolute atomic E-state index is 12.5. The maximum atomic E-state index is 12.5. The number of nitrogens with one attached hydrogen (secondary N) is 1. The molecule has 0 unspecified atom stereocenters. The summed E-state index contributed by atoms with van der Waals surface area (Å²) in [5.74, 6) is -0.148. The van der Waals surface area contributed by atoms with Crippen LogP contribution in [-0.2, 0) is 11.0 Å². The van der Waals surface area contributed by atoms with Gasteiger partial charge < -0.3 is 15.1 Å². The molecule has 0 radical (unpaired) electrons. The number of alkyl halides is 3. The molecule has 1 aromatic rings. The van der Waals surface area contributed by atoms with Crippen LogP contribution in [0, 0.1) is 0 Å². The molecule has 0 aliphatic carbocycles. The molecular weight excluding hydrogens is 299 g/mol. The van der Waals surface area contributed by atoms with E-state index in [1.54, 1.807) is 7.05 Å². The number of likely N-dealkylation sites (tertiary alicyclic amines) is 1. The van der Waals surface area contributed by atoms with E-state index in [0.717, 1.165) is 12.1 Å². The predicted octanol–water partition coefficient (Wildman–Crippen LogP) is 2.40. The minimum Gasteiger partial charge on any atom is -0.344 e. The van der Waals surface area contributed by atoms with Crippen molar-refractivity contribution < 1.29 is 22.8 Å². The van der Waals surface area contributed by atoms with Gasteiger partial charge in [0.1, 0.15) is 6.04 Å². The van der Waals surface area contributed by atoms with Crippen molar-refractivity contribution in [1.82, 2.24) is 9.80 Å². The fraction of sp³-hybridized carbons (Fsp3) is 0.429. The summed E-state index contributed by atoms with van der Waals surface area (Å²) in [6.07, 6.45) is -3.88. The number of benzene rings is 1. The first-order valence-corrected chi connectivity index (χ1v) is 6.66. The Morgan fingerprint density at radius 3 is 2.36 bits per heavy atom. The van der Waals surface area contributed by atoms with Crippen LogP contribution in [0.4, 0.5) is 23.7 Å². The van der Waals surface area contributed by atoms with Gasteiger partial charge in [0.05, 0.1) is 5.56 Å². The van der Waals surface area contributed by atoms with E-state index in [0.29, 0.717) is 13.0 Å². The number of carbonyl (C=O) groups excluding carboxylic acids is 2. The Balaban J connectivity index is 2.01. The van der Waals surface area contributed by atoms with Crippen molar-refractivity contribution in [2.24, 2.45) is 0 Å². The zero-order chi connectivity index (χ0) is 16.5. The average Bonchev–Trinajstić information content (AvgIpc) is 2.78. The van der Waals surface area contributed by atoms with Crippen molar-refractivity contribution in [3.05, 3.63) is 29.8 Å². The molecule has 8 heteroatoms. The van der Waals surface area contributed by atoms with Gasteiger partial charge in [-0.2, -0.15) is 13.2 Å². The molecule has 5 nitrogen and oxygen atoms in total. The molecule has 0 spiro atoms. The number of likely N-dealkylation sites (N-methyl/N-ethyl adjacent to an activating group) is 2. The molecule has 1 atom stereocenters. The van der Waals surface area contributed by atoms with Gasteiger partial charge in [-0.1, -0.05) is 0 Å². The normalized spacial score (nSPS) is 18.5. The summed E-state index contributed by atoms with van der Waals surface area (Å²) in [4.78, 5) is 26.7. The van der Waals surface area contributed by atoms with Crippen molar-refractivity contribution in [1.29, 1.82) is 0 Å². The second kappa shape index (κ2) is 5.86. The summed E-state index contributed by atoms with van der Waals surface area (Å²) in [7, 11) is 3.14. The molecule has 1 aliphatic rings. The van der Waals surface area contributed by atoms with Crippen LogP contribution in [0.25, 0.3) is 0 Å². The smallest absolute Gasteiger partial charge is 0.344 e. The zero-order valence-corrected chi connectivity index (χ0v) is 12.1. The van der Waals surface area contributed by atoms with E-state index < -0.39 is 23.8 Å².